The van der Waals surface area contributed by atoms with Crippen LogP contribution in [0.5, 0.6) is 0 Å². The summed E-state index contributed by atoms with van der Waals surface area (Å²) < 4.78 is 6.58. The molecule has 3 aromatic heterocycles. The van der Waals surface area contributed by atoms with Gasteiger partial charge in [0, 0.05) is 41.2 Å². The van der Waals surface area contributed by atoms with Gasteiger partial charge in [0.05, 0.1) is 22.6 Å². The average molecular weight is 477 g/mol. The van der Waals surface area contributed by atoms with E-state index in [0.29, 0.717) is 27.8 Å². The van der Waals surface area contributed by atoms with Crippen molar-refractivity contribution < 1.29 is 14.0 Å². The zero-order chi connectivity index (χ0) is 22.0. The van der Waals surface area contributed by atoms with Gasteiger partial charge in [-0.05, 0) is 24.3 Å². The third kappa shape index (κ3) is 5.04. The molecule has 0 fully saturated rings. The number of thiophene rings is 1. The van der Waals surface area contributed by atoms with Gasteiger partial charge in [0.25, 0.3) is 0 Å². The summed E-state index contributed by atoms with van der Waals surface area (Å²) in [6.45, 7) is 2.13. The van der Waals surface area contributed by atoms with Crippen LogP contribution in [-0.4, -0.2) is 21.4 Å². The molecule has 0 aliphatic heterocycles. The van der Waals surface area contributed by atoms with Crippen molar-refractivity contribution >= 4 is 62.3 Å². The van der Waals surface area contributed by atoms with Crippen molar-refractivity contribution in [1.29, 1.82) is 0 Å². The van der Waals surface area contributed by atoms with Crippen molar-refractivity contribution in [3.05, 3.63) is 56.2 Å². The summed E-state index contributed by atoms with van der Waals surface area (Å²) in [5, 5.41) is 8.34. The van der Waals surface area contributed by atoms with Crippen LogP contribution < -0.4 is 16.4 Å². The smallest absolute Gasteiger partial charge is 0.408 e. The van der Waals surface area contributed by atoms with Crippen LogP contribution in [0.2, 0.25) is 5.02 Å². The number of nitrogens with zero attached hydrogens (tertiary/aromatic N) is 2. The molecule has 0 saturated carbocycles. The number of anilines is 1. The molecule has 0 aliphatic carbocycles. The Morgan fingerprint density at radius 3 is 2.90 bits per heavy atom. The van der Waals surface area contributed by atoms with Crippen LogP contribution in [0.3, 0.4) is 0 Å². The lowest BCUT2D eigenvalue weighted by Gasteiger charge is -2.03. The molecule has 1 aromatic carbocycles. The highest BCUT2D eigenvalue weighted by atomic mass is 35.5. The van der Waals surface area contributed by atoms with Gasteiger partial charge in [-0.15, -0.1) is 22.7 Å². The number of halogens is 1. The predicted molar refractivity (Wildman–Crippen MR) is 122 cm³/mol. The normalized spacial score (nSPS) is 11.0. The van der Waals surface area contributed by atoms with Gasteiger partial charge in [0.15, 0.2) is 10.7 Å². The van der Waals surface area contributed by atoms with Crippen LogP contribution in [-0.2, 0) is 22.7 Å². The Morgan fingerprint density at radius 1 is 1.26 bits per heavy atom. The number of hydrogen-bond donors (Lipinski definition) is 2. The predicted octanol–water partition coefficient (Wildman–Crippen LogP) is 4.10. The zero-order valence-corrected chi connectivity index (χ0v) is 18.7. The first kappa shape index (κ1) is 21.3. The SMILES string of the molecule is CC(=O)NCc1ccc(-c2csc(NC(=O)CCn3c(=O)oc4cc(Cl)ccc43)n2)s1. The topological polar surface area (TPSA) is 106 Å². The van der Waals surface area contributed by atoms with Gasteiger partial charge in [0.1, 0.15) is 0 Å². The number of nitrogens with one attached hydrogen (secondary N) is 2. The summed E-state index contributed by atoms with van der Waals surface area (Å²) in [6, 6.07) is 8.80. The fraction of sp³-hybridized carbons (Fsp3) is 0.200. The Labute approximate surface area is 189 Å². The molecular weight excluding hydrogens is 460 g/mol. The van der Waals surface area contributed by atoms with Crippen LogP contribution in [0.1, 0.15) is 18.2 Å². The van der Waals surface area contributed by atoms with Crippen molar-refractivity contribution in [2.24, 2.45) is 0 Å². The molecule has 0 saturated heterocycles. The van der Waals surface area contributed by atoms with Gasteiger partial charge in [-0.1, -0.05) is 11.6 Å². The maximum Gasteiger partial charge on any atom is 0.419 e. The molecule has 8 nitrogen and oxygen atoms in total. The van der Waals surface area contributed by atoms with E-state index < -0.39 is 5.76 Å². The molecule has 0 bridgehead atoms. The first-order chi connectivity index (χ1) is 14.9. The van der Waals surface area contributed by atoms with E-state index in [1.807, 2.05) is 17.5 Å². The number of fused-ring (bicyclic) bond motifs is 1. The molecule has 3 heterocycles. The molecule has 4 rings (SSSR count). The Hall–Kier alpha value is -2.95. The summed E-state index contributed by atoms with van der Waals surface area (Å²) >= 11 is 8.77. The van der Waals surface area contributed by atoms with Crippen LogP contribution >= 0.6 is 34.3 Å². The van der Waals surface area contributed by atoms with E-state index in [4.69, 9.17) is 16.0 Å². The van der Waals surface area contributed by atoms with Crippen molar-refractivity contribution in [1.82, 2.24) is 14.9 Å². The molecule has 31 heavy (non-hydrogen) atoms. The number of rotatable bonds is 7. The van der Waals surface area contributed by atoms with Gasteiger partial charge >= 0.3 is 5.76 Å². The Kier molecular flexibility index (Phi) is 6.21. The molecule has 0 atom stereocenters. The molecular formula is C20H17ClN4O4S2. The molecule has 11 heteroatoms. The number of aromatic nitrogens is 2. The summed E-state index contributed by atoms with van der Waals surface area (Å²) in [4.78, 5) is 41.9. The highest BCUT2D eigenvalue weighted by molar-refractivity contribution is 7.17. The molecule has 0 radical (unpaired) electrons. The largest absolute Gasteiger partial charge is 0.419 e. The van der Waals surface area contributed by atoms with E-state index in [0.717, 1.165) is 15.4 Å². The fourth-order valence-electron chi connectivity index (χ4n) is 2.91. The van der Waals surface area contributed by atoms with Gasteiger partial charge in [-0.3, -0.25) is 14.2 Å². The minimum atomic E-state index is -0.533. The van der Waals surface area contributed by atoms with Crippen LogP contribution in [0.15, 0.2) is 44.9 Å². The van der Waals surface area contributed by atoms with Gasteiger partial charge in [-0.25, -0.2) is 9.78 Å². The second-order valence-electron chi connectivity index (χ2n) is 6.64. The van der Waals surface area contributed by atoms with Gasteiger partial charge in [-0.2, -0.15) is 0 Å². The zero-order valence-electron chi connectivity index (χ0n) is 16.3. The Balaban J connectivity index is 1.37. The van der Waals surface area contributed by atoms with E-state index in [9.17, 15) is 14.4 Å². The first-order valence-corrected chi connectivity index (χ1v) is 11.3. The number of carbonyl (C=O) groups is 2. The van der Waals surface area contributed by atoms with Crippen molar-refractivity contribution in [2.45, 2.75) is 26.4 Å². The first-order valence-electron chi connectivity index (χ1n) is 9.27. The van der Waals surface area contributed by atoms with Gasteiger partial charge < -0.3 is 15.1 Å². The number of benzene rings is 1. The molecule has 0 unspecified atom stereocenters. The third-order valence-corrected chi connectivity index (χ3v) is 6.47. The molecule has 2 amide bonds. The number of amides is 2. The van der Waals surface area contributed by atoms with E-state index in [1.165, 1.54) is 34.2 Å². The van der Waals surface area contributed by atoms with Crippen LogP contribution in [0.25, 0.3) is 21.7 Å². The summed E-state index contributed by atoms with van der Waals surface area (Å²) in [5.74, 6) is -0.869. The number of aryl methyl sites for hydroxylation is 1. The lowest BCUT2D eigenvalue weighted by atomic mass is 10.3. The maximum atomic E-state index is 12.4. The lowest BCUT2D eigenvalue weighted by molar-refractivity contribution is -0.119. The van der Waals surface area contributed by atoms with Crippen molar-refractivity contribution in [3.63, 3.8) is 0 Å². The molecule has 2 N–H and O–H groups in total. The summed E-state index contributed by atoms with van der Waals surface area (Å²) in [7, 11) is 0. The maximum absolute atomic E-state index is 12.4. The van der Waals surface area contributed by atoms with Gasteiger partial charge in [0.2, 0.25) is 11.8 Å². The number of hydrogen-bond acceptors (Lipinski definition) is 7. The highest BCUT2D eigenvalue weighted by Gasteiger charge is 2.13. The second kappa shape index (κ2) is 9.04. The average Bonchev–Trinajstić information content (AvgIpc) is 3.43. The van der Waals surface area contributed by atoms with E-state index >= 15 is 0 Å². The van der Waals surface area contributed by atoms with Crippen LogP contribution in [0, 0.1) is 0 Å². The number of thiazole rings is 1. The minimum absolute atomic E-state index is 0.0805. The summed E-state index contributed by atoms with van der Waals surface area (Å²) in [5.41, 5.74) is 1.73. The van der Waals surface area contributed by atoms with Crippen molar-refractivity contribution in [2.75, 3.05) is 5.32 Å². The van der Waals surface area contributed by atoms with E-state index in [2.05, 4.69) is 15.6 Å². The monoisotopic (exact) mass is 476 g/mol. The number of carbonyl (C=O) groups excluding carboxylic acids is 2. The Bertz CT molecular complexity index is 1320. The van der Waals surface area contributed by atoms with E-state index in [-0.39, 0.29) is 24.8 Å². The third-order valence-electron chi connectivity index (χ3n) is 4.37. The summed E-state index contributed by atoms with van der Waals surface area (Å²) in [6.07, 6.45) is 0.0892. The number of oxazole rings is 1. The quantitative estimate of drug-likeness (QED) is 0.417. The Morgan fingerprint density at radius 2 is 2.10 bits per heavy atom. The highest BCUT2D eigenvalue weighted by Crippen LogP contribution is 2.31. The van der Waals surface area contributed by atoms with Crippen LogP contribution in [0.4, 0.5) is 5.13 Å². The second-order valence-corrected chi connectivity index (χ2v) is 9.11. The van der Waals surface area contributed by atoms with E-state index in [1.54, 1.807) is 18.2 Å². The molecule has 0 aliphatic rings. The standard InChI is InChI=1S/C20H17ClN4O4S2/c1-11(26)22-9-13-3-5-17(31-13)14-10-30-19(23-14)24-18(27)6-7-25-15-4-2-12(21)8-16(15)29-20(25)28/h2-5,8,10H,6-7,9H2,1H3,(H,22,26)(H,23,24,27). The lowest BCUT2D eigenvalue weighted by Crippen LogP contribution is -2.19. The van der Waals surface area contributed by atoms with Crippen molar-refractivity contribution in [3.8, 4) is 10.6 Å². The minimum Gasteiger partial charge on any atom is -0.408 e. The molecule has 160 valence electrons. The molecule has 4 aromatic rings. The molecule has 0 spiro atoms. The fourth-order valence-corrected chi connectivity index (χ4v) is 4.79.